The van der Waals surface area contributed by atoms with Gasteiger partial charge in [0.2, 0.25) is 0 Å². The monoisotopic (exact) mass is 457 g/mol. The Morgan fingerprint density at radius 1 is 0.389 bits per heavy atom. The highest BCUT2D eigenvalue weighted by Crippen LogP contribution is 2.36. The molecule has 0 radical (unpaired) electrons. The van der Waals surface area contributed by atoms with E-state index in [1.807, 2.05) is 6.07 Å². The molecule has 0 atom stereocenters. The second-order valence-electron chi connectivity index (χ2n) is 9.49. The number of aromatic nitrogens is 3. The second-order valence-corrected chi connectivity index (χ2v) is 9.49. The van der Waals surface area contributed by atoms with Gasteiger partial charge in [0.25, 0.3) is 0 Å². The highest BCUT2D eigenvalue weighted by atomic mass is 15.3. The SMILES string of the molecule is c1ccc2cc3cc4c(ccc5cc6cc7cccc(-c8ccnnn8)c7cc6cc54)cc3cc2c1. The Morgan fingerprint density at radius 2 is 0.917 bits per heavy atom. The third-order valence-electron chi connectivity index (χ3n) is 7.39. The average Bonchev–Trinajstić information content (AvgIpc) is 2.93. The predicted octanol–water partition coefficient (Wildman–Crippen LogP) is 8.46. The van der Waals surface area contributed by atoms with E-state index in [-0.39, 0.29) is 0 Å². The number of benzene rings is 7. The van der Waals surface area contributed by atoms with E-state index >= 15 is 0 Å². The molecule has 1 heterocycles. The molecule has 0 bridgehead atoms. The molecule has 3 heteroatoms. The lowest BCUT2D eigenvalue weighted by molar-refractivity contribution is 0.871. The maximum absolute atomic E-state index is 4.26. The van der Waals surface area contributed by atoms with Gasteiger partial charge in [-0.05, 0) is 124 Å². The number of nitrogens with zero attached hydrogens (tertiary/aromatic N) is 3. The molecule has 8 aromatic rings. The Bertz CT molecular complexity index is 2150. The molecule has 3 nitrogen and oxygen atoms in total. The molecular formula is C33H19N3. The summed E-state index contributed by atoms with van der Waals surface area (Å²) >= 11 is 0. The van der Waals surface area contributed by atoms with Crippen LogP contribution in [-0.4, -0.2) is 15.4 Å². The van der Waals surface area contributed by atoms with E-state index < -0.39 is 0 Å². The molecule has 1 aromatic heterocycles. The maximum atomic E-state index is 4.26. The summed E-state index contributed by atoms with van der Waals surface area (Å²) in [4.78, 5) is 0. The smallest absolute Gasteiger partial charge is 0.0969 e. The van der Waals surface area contributed by atoms with E-state index in [0.717, 1.165) is 11.3 Å². The Kier molecular flexibility index (Phi) is 3.94. The van der Waals surface area contributed by atoms with E-state index in [1.54, 1.807) is 6.20 Å². The van der Waals surface area contributed by atoms with Gasteiger partial charge < -0.3 is 0 Å². The van der Waals surface area contributed by atoms with E-state index in [4.69, 9.17) is 0 Å². The van der Waals surface area contributed by atoms with Crippen LogP contribution in [0.25, 0.3) is 75.9 Å². The summed E-state index contributed by atoms with van der Waals surface area (Å²) in [6.45, 7) is 0. The Morgan fingerprint density at radius 3 is 1.56 bits per heavy atom. The van der Waals surface area contributed by atoms with Crippen LogP contribution in [0.2, 0.25) is 0 Å². The lowest BCUT2D eigenvalue weighted by Crippen LogP contribution is -1.90. The van der Waals surface area contributed by atoms with E-state index in [2.05, 4.69) is 119 Å². The topological polar surface area (TPSA) is 38.7 Å². The van der Waals surface area contributed by atoms with E-state index in [1.165, 1.54) is 64.6 Å². The van der Waals surface area contributed by atoms with E-state index in [9.17, 15) is 0 Å². The quantitative estimate of drug-likeness (QED) is 0.183. The highest BCUT2D eigenvalue weighted by molar-refractivity contribution is 6.17. The largest absolute Gasteiger partial charge is 0.139 e. The van der Waals surface area contributed by atoms with Gasteiger partial charge in [0.15, 0.2) is 0 Å². The minimum Gasteiger partial charge on any atom is -0.139 e. The van der Waals surface area contributed by atoms with Gasteiger partial charge in [0.05, 0.1) is 11.9 Å². The third-order valence-corrected chi connectivity index (χ3v) is 7.39. The fourth-order valence-electron chi connectivity index (χ4n) is 5.63. The summed E-state index contributed by atoms with van der Waals surface area (Å²) < 4.78 is 0. The predicted molar refractivity (Wildman–Crippen MR) is 150 cm³/mol. The fourth-order valence-corrected chi connectivity index (χ4v) is 5.63. The molecule has 0 N–H and O–H groups in total. The minimum atomic E-state index is 0.833. The molecule has 36 heavy (non-hydrogen) atoms. The van der Waals surface area contributed by atoms with Crippen LogP contribution >= 0.6 is 0 Å². The van der Waals surface area contributed by atoms with E-state index in [0.29, 0.717) is 0 Å². The van der Waals surface area contributed by atoms with Crippen molar-refractivity contribution in [3.05, 3.63) is 115 Å². The van der Waals surface area contributed by atoms with Crippen molar-refractivity contribution in [2.75, 3.05) is 0 Å². The van der Waals surface area contributed by atoms with Crippen LogP contribution in [0.3, 0.4) is 0 Å². The summed E-state index contributed by atoms with van der Waals surface area (Å²) in [5, 5.41) is 26.9. The fraction of sp³-hybridized carbons (Fsp3) is 0. The van der Waals surface area contributed by atoms with Crippen molar-refractivity contribution in [2.45, 2.75) is 0 Å². The van der Waals surface area contributed by atoms with Crippen molar-refractivity contribution in [2.24, 2.45) is 0 Å². The molecule has 0 saturated heterocycles. The molecule has 7 aromatic carbocycles. The van der Waals surface area contributed by atoms with Crippen LogP contribution in [0, 0.1) is 0 Å². The lowest BCUT2D eigenvalue weighted by atomic mass is 9.93. The maximum Gasteiger partial charge on any atom is 0.0969 e. The van der Waals surface area contributed by atoms with Gasteiger partial charge in [-0.3, -0.25) is 0 Å². The first-order chi connectivity index (χ1) is 17.8. The zero-order valence-electron chi connectivity index (χ0n) is 19.3. The zero-order chi connectivity index (χ0) is 23.6. The Labute approximate surface area is 206 Å². The molecule has 0 aliphatic heterocycles. The molecule has 0 aliphatic carbocycles. The van der Waals surface area contributed by atoms with Gasteiger partial charge in [0.1, 0.15) is 0 Å². The van der Waals surface area contributed by atoms with Crippen molar-refractivity contribution in [1.82, 2.24) is 15.4 Å². The molecule has 0 aliphatic rings. The molecule has 0 unspecified atom stereocenters. The van der Waals surface area contributed by atoms with Crippen LogP contribution in [0.15, 0.2) is 115 Å². The first-order valence-electron chi connectivity index (χ1n) is 12.1. The van der Waals surface area contributed by atoms with Gasteiger partial charge in [0, 0.05) is 5.56 Å². The Balaban J connectivity index is 1.43. The highest BCUT2D eigenvalue weighted by Gasteiger charge is 2.10. The standard InChI is InChI=1S/C33H19N3/c1-2-5-21-13-27-17-31-23(15-25(27)12-20(21)4-1)8-9-24-16-26-14-22-6-3-7-29(33-10-11-34-36-35-33)30(22)18-28(26)19-32(24)31/h1-19H. The number of hydrogen-bond acceptors (Lipinski definition) is 3. The van der Waals surface area contributed by atoms with Crippen molar-refractivity contribution in [3.8, 4) is 11.3 Å². The van der Waals surface area contributed by atoms with Gasteiger partial charge >= 0.3 is 0 Å². The van der Waals surface area contributed by atoms with Crippen LogP contribution in [-0.2, 0) is 0 Å². The number of rotatable bonds is 1. The van der Waals surface area contributed by atoms with Gasteiger partial charge in [-0.2, -0.15) is 0 Å². The summed E-state index contributed by atoms with van der Waals surface area (Å²) in [6, 6.07) is 39.8. The summed E-state index contributed by atoms with van der Waals surface area (Å²) in [5.41, 5.74) is 1.90. The average molecular weight is 458 g/mol. The lowest BCUT2D eigenvalue weighted by Gasteiger charge is -2.11. The van der Waals surface area contributed by atoms with Gasteiger partial charge in [-0.1, -0.05) is 54.6 Å². The second kappa shape index (κ2) is 7.30. The minimum absolute atomic E-state index is 0.833. The van der Waals surface area contributed by atoms with Crippen molar-refractivity contribution in [3.63, 3.8) is 0 Å². The zero-order valence-corrected chi connectivity index (χ0v) is 19.3. The molecule has 0 fully saturated rings. The first kappa shape index (κ1) is 19.4. The molecular weight excluding hydrogens is 438 g/mol. The van der Waals surface area contributed by atoms with Gasteiger partial charge in [-0.25, -0.2) is 0 Å². The number of fused-ring (bicyclic) bond motifs is 7. The van der Waals surface area contributed by atoms with Gasteiger partial charge in [-0.15, -0.1) is 10.2 Å². The molecule has 8 rings (SSSR count). The summed E-state index contributed by atoms with van der Waals surface area (Å²) in [7, 11) is 0. The van der Waals surface area contributed by atoms with Crippen molar-refractivity contribution in [1.29, 1.82) is 0 Å². The molecule has 0 saturated carbocycles. The van der Waals surface area contributed by atoms with Crippen molar-refractivity contribution >= 4 is 64.6 Å². The number of hydrogen-bond donors (Lipinski definition) is 0. The Hall–Kier alpha value is -4.89. The normalized spacial score (nSPS) is 11.9. The summed E-state index contributed by atoms with van der Waals surface area (Å²) in [5.74, 6) is 0. The van der Waals surface area contributed by atoms with Crippen LogP contribution in [0.1, 0.15) is 0 Å². The summed E-state index contributed by atoms with van der Waals surface area (Å²) in [6.07, 6.45) is 1.69. The van der Waals surface area contributed by atoms with Crippen LogP contribution in [0.4, 0.5) is 0 Å². The molecule has 166 valence electrons. The van der Waals surface area contributed by atoms with Crippen molar-refractivity contribution < 1.29 is 0 Å². The molecule has 0 spiro atoms. The van der Waals surface area contributed by atoms with Crippen LogP contribution < -0.4 is 0 Å². The third kappa shape index (κ3) is 2.90. The van der Waals surface area contributed by atoms with Crippen LogP contribution in [0.5, 0.6) is 0 Å². The molecule has 0 amide bonds. The first-order valence-corrected chi connectivity index (χ1v) is 12.1.